The Morgan fingerprint density at radius 2 is 1.74 bits per heavy atom. The zero-order chi connectivity index (χ0) is 14.0. The van der Waals surface area contributed by atoms with Crippen LogP contribution in [0.25, 0.3) is 0 Å². The fraction of sp³-hybridized carbons (Fsp3) is 0.467. The summed E-state index contributed by atoms with van der Waals surface area (Å²) >= 11 is 0. The zero-order valence-electron chi connectivity index (χ0n) is 11.7. The van der Waals surface area contributed by atoms with Crippen molar-refractivity contribution in [2.75, 3.05) is 6.54 Å². The number of rotatable bonds is 3. The summed E-state index contributed by atoms with van der Waals surface area (Å²) in [6, 6.07) is 8.18. The lowest BCUT2D eigenvalue weighted by atomic mass is 9.97. The molecule has 1 aromatic rings. The maximum absolute atomic E-state index is 12.0. The fourth-order valence-corrected chi connectivity index (χ4v) is 2.25. The summed E-state index contributed by atoms with van der Waals surface area (Å²) in [5.74, 6) is -0.138. The highest BCUT2D eigenvalue weighted by Gasteiger charge is 2.41. The molecule has 1 N–H and O–H groups in total. The molecule has 2 amide bonds. The molecule has 1 heterocycles. The Morgan fingerprint density at radius 3 is 2.32 bits per heavy atom. The van der Waals surface area contributed by atoms with Crippen LogP contribution in [0.2, 0.25) is 0 Å². The predicted molar refractivity (Wildman–Crippen MR) is 73.5 cm³/mol. The van der Waals surface area contributed by atoms with Crippen molar-refractivity contribution >= 4 is 11.8 Å². The van der Waals surface area contributed by atoms with Crippen molar-refractivity contribution in [2.45, 2.75) is 39.3 Å². The first-order valence-corrected chi connectivity index (χ1v) is 6.61. The van der Waals surface area contributed by atoms with Crippen molar-refractivity contribution in [3.8, 4) is 0 Å². The van der Waals surface area contributed by atoms with Crippen molar-refractivity contribution in [3.05, 3.63) is 35.4 Å². The summed E-state index contributed by atoms with van der Waals surface area (Å²) in [5.41, 5.74) is 1.53. The molecule has 1 aliphatic heterocycles. The van der Waals surface area contributed by atoms with E-state index < -0.39 is 5.54 Å². The Hall–Kier alpha value is -1.84. The molecule has 0 radical (unpaired) electrons. The number of carbonyl (C=O) groups is 2. The van der Waals surface area contributed by atoms with Crippen LogP contribution < -0.4 is 5.32 Å². The molecule has 4 heteroatoms. The van der Waals surface area contributed by atoms with E-state index in [0.717, 1.165) is 12.0 Å². The molecule has 0 unspecified atom stereocenters. The third-order valence-corrected chi connectivity index (χ3v) is 3.70. The first-order chi connectivity index (χ1) is 8.95. The van der Waals surface area contributed by atoms with Gasteiger partial charge in [-0.25, -0.2) is 0 Å². The number of hydrogen-bond donors (Lipinski definition) is 1. The highest BCUT2D eigenvalue weighted by molar-refractivity contribution is 5.97. The van der Waals surface area contributed by atoms with E-state index in [1.165, 1.54) is 5.56 Å². The number of carbonyl (C=O) groups excluding carboxylic acids is 2. The smallest absolute Gasteiger partial charge is 0.245 e. The summed E-state index contributed by atoms with van der Waals surface area (Å²) in [6.07, 6.45) is 0.997. The summed E-state index contributed by atoms with van der Waals surface area (Å²) in [5, 5.41) is 2.63. The molecule has 19 heavy (non-hydrogen) atoms. The van der Waals surface area contributed by atoms with Gasteiger partial charge >= 0.3 is 0 Å². The van der Waals surface area contributed by atoms with Crippen molar-refractivity contribution < 1.29 is 9.59 Å². The van der Waals surface area contributed by atoms with Gasteiger partial charge in [-0.2, -0.15) is 0 Å². The molecule has 2 rings (SSSR count). The second-order valence-electron chi connectivity index (χ2n) is 5.39. The van der Waals surface area contributed by atoms with Gasteiger partial charge in [0, 0.05) is 6.54 Å². The van der Waals surface area contributed by atoms with Gasteiger partial charge in [0.25, 0.3) is 0 Å². The fourth-order valence-electron chi connectivity index (χ4n) is 2.25. The molecule has 0 aromatic heterocycles. The quantitative estimate of drug-likeness (QED) is 0.895. The van der Waals surface area contributed by atoms with Gasteiger partial charge in [0.2, 0.25) is 11.8 Å². The number of benzene rings is 1. The molecule has 0 aliphatic carbocycles. The molecular formula is C15H20N2O2. The van der Waals surface area contributed by atoms with E-state index in [4.69, 9.17) is 0 Å². The predicted octanol–water partition coefficient (Wildman–Crippen LogP) is 1.49. The van der Waals surface area contributed by atoms with Crippen molar-refractivity contribution in [1.82, 2.24) is 10.2 Å². The van der Waals surface area contributed by atoms with Crippen molar-refractivity contribution in [3.63, 3.8) is 0 Å². The zero-order valence-corrected chi connectivity index (χ0v) is 11.7. The molecule has 102 valence electrons. The van der Waals surface area contributed by atoms with Crippen molar-refractivity contribution in [2.24, 2.45) is 0 Å². The van der Waals surface area contributed by atoms with E-state index in [2.05, 4.69) is 24.4 Å². The van der Waals surface area contributed by atoms with Crippen LogP contribution in [-0.2, 0) is 22.6 Å². The van der Waals surface area contributed by atoms with Gasteiger partial charge in [0.15, 0.2) is 0 Å². The second kappa shape index (κ2) is 5.03. The Morgan fingerprint density at radius 1 is 1.16 bits per heavy atom. The number of hydrogen-bond acceptors (Lipinski definition) is 2. The molecule has 0 atom stereocenters. The van der Waals surface area contributed by atoms with Crippen LogP contribution in [0.4, 0.5) is 0 Å². The highest BCUT2D eigenvalue weighted by Crippen LogP contribution is 2.21. The van der Waals surface area contributed by atoms with Gasteiger partial charge in [-0.05, 0) is 31.4 Å². The van der Waals surface area contributed by atoms with Gasteiger partial charge in [0.05, 0.1) is 6.54 Å². The summed E-state index contributed by atoms with van der Waals surface area (Å²) in [4.78, 5) is 25.5. The Balaban J connectivity index is 2.19. The molecule has 0 saturated carbocycles. The molecule has 0 bridgehead atoms. The van der Waals surface area contributed by atoms with Gasteiger partial charge in [-0.1, -0.05) is 31.2 Å². The monoisotopic (exact) mass is 260 g/mol. The van der Waals surface area contributed by atoms with Gasteiger partial charge in [-0.15, -0.1) is 0 Å². The van der Waals surface area contributed by atoms with E-state index in [0.29, 0.717) is 6.54 Å². The maximum Gasteiger partial charge on any atom is 0.245 e. The lowest BCUT2D eigenvalue weighted by molar-refractivity contribution is -0.152. The van der Waals surface area contributed by atoms with E-state index >= 15 is 0 Å². The number of amides is 2. The van der Waals surface area contributed by atoms with Crippen LogP contribution in [0.15, 0.2) is 24.3 Å². The number of nitrogens with zero attached hydrogens (tertiary/aromatic N) is 1. The van der Waals surface area contributed by atoms with Crippen LogP contribution in [0, 0.1) is 0 Å². The first kappa shape index (κ1) is 13.6. The standard InChI is InChI=1S/C15H20N2O2/c1-4-11-5-7-12(8-6-11)10-17-13(18)9-16-14(19)15(17,2)3/h5-8H,4,9-10H2,1-3H3,(H,16,19). The van der Waals surface area contributed by atoms with Crippen LogP contribution in [0.5, 0.6) is 0 Å². The number of aryl methyl sites for hydroxylation is 1. The number of piperazine rings is 1. The molecule has 1 saturated heterocycles. The molecule has 1 fully saturated rings. The molecule has 4 nitrogen and oxygen atoms in total. The summed E-state index contributed by atoms with van der Waals surface area (Å²) in [6.45, 7) is 6.23. The van der Waals surface area contributed by atoms with E-state index in [9.17, 15) is 9.59 Å². The van der Waals surface area contributed by atoms with Crippen LogP contribution in [0.3, 0.4) is 0 Å². The van der Waals surface area contributed by atoms with Crippen LogP contribution in [0.1, 0.15) is 31.9 Å². The normalized spacial score (nSPS) is 18.4. The van der Waals surface area contributed by atoms with Gasteiger partial charge in [0.1, 0.15) is 5.54 Å². The largest absolute Gasteiger partial charge is 0.345 e. The average molecular weight is 260 g/mol. The van der Waals surface area contributed by atoms with Gasteiger partial charge < -0.3 is 10.2 Å². The summed E-state index contributed by atoms with van der Waals surface area (Å²) in [7, 11) is 0. The number of nitrogens with one attached hydrogen (secondary N) is 1. The third-order valence-electron chi connectivity index (χ3n) is 3.70. The van der Waals surface area contributed by atoms with E-state index in [-0.39, 0.29) is 18.4 Å². The van der Waals surface area contributed by atoms with Crippen LogP contribution >= 0.6 is 0 Å². The molecule has 0 spiro atoms. The van der Waals surface area contributed by atoms with Crippen LogP contribution in [-0.4, -0.2) is 28.8 Å². The maximum atomic E-state index is 12.0. The van der Waals surface area contributed by atoms with E-state index in [1.54, 1.807) is 18.7 Å². The van der Waals surface area contributed by atoms with E-state index in [1.807, 2.05) is 12.1 Å². The SMILES string of the molecule is CCc1ccc(CN2C(=O)CNC(=O)C2(C)C)cc1. The first-order valence-electron chi connectivity index (χ1n) is 6.61. The Labute approximate surface area is 113 Å². The van der Waals surface area contributed by atoms with Gasteiger partial charge in [-0.3, -0.25) is 9.59 Å². The lowest BCUT2D eigenvalue weighted by Crippen LogP contribution is -2.63. The third kappa shape index (κ3) is 2.62. The molecular weight excluding hydrogens is 240 g/mol. The minimum atomic E-state index is -0.793. The molecule has 1 aromatic carbocycles. The summed E-state index contributed by atoms with van der Waals surface area (Å²) < 4.78 is 0. The Bertz CT molecular complexity index is 491. The topological polar surface area (TPSA) is 49.4 Å². The lowest BCUT2D eigenvalue weighted by Gasteiger charge is -2.41. The average Bonchev–Trinajstić information content (AvgIpc) is 2.40. The van der Waals surface area contributed by atoms with Crippen molar-refractivity contribution in [1.29, 1.82) is 0 Å². The molecule has 1 aliphatic rings. The highest BCUT2D eigenvalue weighted by atomic mass is 16.2. The second-order valence-corrected chi connectivity index (χ2v) is 5.39. The minimum absolute atomic E-state index is 0.0378. The minimum Gasteiger partial charge on any atom is -0.345 e. The Kier molecular flexibility index (Phi) is 3.60.